The molecule has 0 bridgehead atoms. The Hall–Kier alpha value is -7.82. The summed E-state index contributed by atoms with van der Waals surface area (Å²) in [5, 5.41) is 2.45. The van der Waals surface area contributed by atoms with E-state index in [1.165, 1.54) is 44.1 Å². The lowest BCUT2D eigenvalue weighted by Crippen LogP contribution is -2.18. The van der Waals surface area contributed by atoms with Gasteiger partial charge in [0.15, 0.2) is 5.82 Å². The zero-order valence-electron chi connectivity index (χ0n) is 32.7. The summed E-state index contributed by atoms with van der Waals surface area (Å²) >= 11 is 0. The number of hydrogen-bond donors (Lipinski definition) is 0. The quantitative estimate of drug-likeness (QED) is 0.169. The van der Waals surface area contributed by atoms with Gasteiger partial charge in [-0.05, 0) is 88.9 Å². The van der Waals surface area contributed by atoms with E-state index in [-0.39, 0.29) is 0 Å². The second-order valence-electron chi connectivity index (χ2n) is 15.7. The van der Waals surface area contributed by atoms with Crippen molar-refractivity contribution in [3.63, 3.8) is 0 Å². The van der Waals surface area contributed by atoms with Gasteiger partial charge in [0.25, 0.3) is 0 Å². The van der Waals surface area contributed by atoms with E-state index in [1.54, 1.807) is 0 Å². The lowest BCUT2D eigenvalue weighted by atomic mass is 9.79. The van der Waals surface area contributed by atoms with Crippen LogP contribution >= 0.6 is 0 Å². The van der Waals surface area contributed by atoms with Crippen molar-refractivity contribution in [2.45, 2.75) is 6.42 Å². The second-order valence-corrected chi connectivity index (χ2v) is 15.7. The number of allylic oxidation sites excluding steroid dienone is 7. The van der Waals surface area contributed by atoms with Crippen LogP contribution in [0.15, 0.2) is 218 Å². The van der Waals surface area contributed by atoms with Gasteiger partial charge in [-0.1, -0.05) is 152 Å². The maximum atomic E-state index is 6.46. The molecular formula is C56H37N3O. The topological polar surface area (TPSA) is 39.9 Å². The SMILES string of the molecule is C1=CC2CC=CC3=C2C(=C1)Oc1ccc(-c2ccc4c(c2)c2ccccc2n4-c2cccc(-c4ccc(-c5nc(-c6ccccc6)cc(-c6ccccc6)n5)cc4)c2)cc13. The van der Waals surface area contributed by atoms with Gasteiger partial charge in [-0.2, -0.15) is 0 Å². The molecule has 3 aliphatic rings. The molecule has 3 heterocycles. The lowest BCUT2D eigenvalue weighted by molar-refractivity contribution is 0.415. The number of ether oxygens (including phenoxy) is 1. The highest BCUT2D eigenvalue weighted by molar-refractivity contribution is 6.10. The first-order valence-corrected chi connectivity index (χ1v) is 20.6. The normalized spacial score (nSPS) is 15.1. The summed E-state index contributed by atoms with van der Waals surface area (Å²) in [4.78, 5) is 10.1. The van der Waals surface area contributed by atoms with Gasteiger partial charge in [-0.25, -0.2) is 9.97 Å². The highest BCUT2D eigenvalue weighted by Crippen LogP contribution is 2.47. The average molecular weight is 768 g/mol. The number of rotatable bonds is 6. The van der Waals surface area contributed by atoms with Gasteiger partial charge in [0.05, 0.1) is 22.4 Å². The number of fused-ring (bicyclic) bond motifs is 5. The summed E-state index contributed by atoms with van der Waals surface area (Å²) < 4.78 is 8.85. The molecule has 0 saturated carbocycles. The first kappa shape index (κ1) is 34.2. The Morgan fingerprint density at radius 3 is 1.97 bits per heavy atom. The van der Waals surface area contributed by atoms with Crippen LogP contribution in [0.4, 0.5) is 0 Å². The molecule has 0 radical (unpaired) electrons. The molecule has 7 aromatic carbocycles. The third-order valence-electron chi connectivity index (χ3n) is 12.1. The molecule has 1 unspecified atom stereocenters. The summed E-state index contributed by atoms with van der Waals surface area (Å²) in [7, 11) is 0. The van der Waals surface area contributed by atoms with Crippen molar-refractivity contribution < 1.29 is 4.74 Å². The highest BCUT2D eigenvalue weighted by atomic mass is 16.5. The summed E-state index contributed by atoms with van der Waals surface area (Å²) in [6.45, 7) is 0. The van der Waals surface area contributed by atoms with Gasteiger partial charge in [-0.3, -0.25) is 0 Å². The average Bonchev–Trinajstić information content (AvgIpc) is 3.66. The highest BCUT2D eigenvalue weighted by Gasteiger charge is 2.31. The molecule has 0 N–H and O–H groups in total. The molecule has 60 heavy (non-hydrogen) atoms. The zero-order chi connectivity index (χ0) is 39.6. The third-order valence-corrected chi connectivity index (χ3v) is 12.1. The number of aromatic nitrogens is 3. The Balaban J connectivity index is 0.902. The van der Waals surface area contributed by atoms with Crippen molar-refractivity contribution in [2.75, 3.05) is 0 Å². The summed E-state index contributed by atoms with van der Waals surface area (Å²) in [5.74, 6) is 2.97. The van der Waals surface area contributed by atoms with Crippen LogP contribution in [0.1, 0.15) is 12.0 Å². The molecule has 9 aromatic rings. The van der Waals surface area contributed by atoms with E-state index < -0.39 is 0 Å². The van der Waals surface area contributed by atoms with Crippen LogP contribution in [0.25, 0.3) is 89.2 Å². The standard InChI is InChI=1S/C56H37N3O/c1-3-12-37(13-4-1)49-35-50(38-14-5-2-6-15-38)58-56(57-49)40-26-24-36(25-27-40)41-18-9-19-44(32-41)59-51-22-8-7-20-45(51)47-33-42(28-30-52(47)59)43-29-31-53-48(34-43)46-21-10-16-39-17-11-23-54(60-53)55(39)46/h1-15,17-35,39H,16H2. The van der Waals surface area contributed by atoms with Crippen LogP contribution in [0.2, 0.25) is 0 Å². The smallest absolute Gasteiger partial charge is 0.160 e. The zero-order valence-corrected chi connectivity index (χ0v) is 32.7. The minimum absolute atomic E-state index is 0.369. The van der Waals surface area contributed by atoms with Crippen molar-refractivity contribution in [1.82, 2.24) is 14.5 Å². The van der Waals surface area contributed by atoms with Crippen LogP contribution in [0.5, 0.6) is 5.75 Å². The predicted octanol–water partition coefficient (Wildman–Crippen LogP) is 14.1. The number of nitrogens with zero attached hydrogens (tertiary/aromatic N) is 3. The molecule has 12 rings (SSSR count). The molecule has 0 saturated heterocycles. The largest absolute Gasteiger partial charge is 0.456 e. The van der Waals surface area contributed by atoms with E-state index in [4.69, 9.17) is 14.7 Å². The molecule has 1 aliphatic heterocycles. The monoisotopic (exact) mass is 767 g/mol. The van der Waals surface area contributed by atoms with Crippen molar-refractivity contribution in [3.8, 4) is 67.6 Å². The van der Waals surface area contributed by atoms with E-state index >= 15 is 0 Å². The molecule has 0 fully saturated rings. The van der Waals surface area contributed by atoms with Crippen molar-refractivity contribution in [1.29, 1.82) is 0 Å². The van der Waals surface area contributed by atoms with Crippen molar-refractivity contribution in [3.05, 3.63) is 223 Å². The molecule has 2 aliphatic carbocycles. The van der Waals surface area contributed by atoms with Crippen LogP contribution in [-0.2, 0) is 0 Å². The van der Waals surface area contributed by atoms with Gasteiger partial charge in [0.1, 0.15) is 11.5 Å². The number of benzene rings is 7. The molecule has 0 amide bonds. The maximum absolute atomic E-state index is 6.46. The van der Waals surface area contributed by atoms with Gasteiger partial charge in [0.2, 0.25) is 0 Å². The Bertz CT molecular complexity index is 3240. The number of para-hydroxylation sites is 1. The van der Waals surface area contributed by atoms with E-state index in [1.807, 2.05) is 36.4 Å². The van der Waals surface area contributed by atoms with Crippen molar-refractivity contribution >= 4 is 27.4 Å². The van der Waals surface area contributed by atoms with Crippen LogP contribution in [0, 0.1) is 5.92 Å². The van der Waals surface area contributed by atoms with Gasteiger partial charge >= 0.3 is 0 Å². The molecule has 4 heteroatoms. The Morgan fingerprint density at radius 2 is 1.17 bits per heavy atom. The van der Waals surface area contributed by atoms with Gasteiger partial charge in [0, 0.05) is 50.2 Å². The maximum Gasteiger partial charge on any atom is 0.160 e. The molecule has 1 atom stereocenters. The Labute approximate surface area is 348 Å². The first-order valence-electron chi connectivity index (χ1n) is 20.6. The lowest BCUT2D eigenvalue weighted by Gasteiger charge is -2.32. The van der Waals surface area contributed by atoms with Crippen LogP contribution < -0.4 is 4.74 Å². The van der Waals surface area contributed by atoms with Gasteiger partial charge in [-0.15, -0.1) is 0 Å². The summed E-state index contributed by atoms with van der Waals surface area (Å²) in [6, 6.07) is 62.4. The first-order chi connectivity index (χ1) is 29.7. The Morgan fingerprint density at radius 1 is 0.517 bits per heavy atom. The van der Waals surface area contributed by atoms with E-state index in [0.717, 1.165) is 68.4 Å². The third kappa shape index (κ3) is 5.76. The fraction of sp³-hybridized carbons (Fsp3) is 0.0357. The Kier molecular flexibility index (Phi) is 7.95. The second kappa shape index (κ2) is 13.9. The minimum Gasteiger partial charge on any atom is -0.456 e. The van der Waals surface area contributed by atoms with Crippen LogP contribution in [-0.4, -0.2) is 14.5 Å². The van der Waals surface area contributed by atoms with Crippen molar-refractivity contribution in [2.24, 2.45) is 5.92 Å². The molecule has 282 valence electrons. The number of hydrogen-bond acceptors (Lipinski definition) is 3. The van der Waals surface area contributed by atoms with E-state index in [9.17, 15) is 0 Å². The fourth-order valence-electron chi connectivity index (χ4n) is 9.21. The van der Waals surface area contributed by atoms with Crippen LogP contribution in [0.3, 0.4) is 0 Å². The molecular weight excluding hydrogens is 731 g/mol. The molecule has 0 spiro atoms. The van der Waals surface area contributed by atoms with E-state index in [2.05, 4.69) is 174 Å². The fourth-order valence-corrected chi connectivity index (χ4v) is 9.21. The summed E-state index contributed by atoms with van der Waals surface area (Å²) in [5.41, 5.74) is 16.7. The molecule has 2 aromatic heterocycles. The van der Waals surface area contributed by atoms with Gasteiger partial charge < -0.3 is 9.30 Å². The molecule has 4 nitrogen and oxygen atoms in total. The minimum atomic E-state index is 0.369. The van der Waals surface area contributed by atoms with E-state index in [0.29, 0.717) is 11.7 Å². The summed E-state index contributed by atoms with van der Waals surface area (Å²) in [6.07, 6.45) is 12.1. The predicted molar refractivity (Wildman–Crippen MR) is 246 cm³/mol.